The highest BCUT2D eigenvalue weighted by Crippen LogP contribution is 2.32. The molecule has 0 spiro atoms. The summed E-state index contributed by atoms with van der Waals surface area (Å²) in [5, 5.41) is 1.68. The molecule has 1 aromatic heterocycles. The standard InChI is InChI=1S/C14H10F4N2OS/c15-10-5-20(6-10)13(21)12-19-11(7-22-12)8-2-1-3-9(4-8)14(16,17)18/h1-4,7,10H,5-6H2. The van der Waals surface area contributed by atoms with Crippen LogP contribution in [0.2, 0.25) is 0 Å². The van der Waals surface area contributed by atoms with Crippen molar-refractivity contribution in [2.45, 2.75) is 12.3 Å². The molecule has 0 aliphatic carbocycles. The lowest BCUT2D eigenvalue weighted by Crippen LogP contribution is -2.51. The number of aromatic nitrogens is 1. The molecule has 2 heterocycles. The number of hydrogen-bond donors (Lipinski definition) is 0. The molecule has 0 N–H and O–H groups in total. The average molecular weight is 330 g/mol. The molecule has 3 nitrogen and oxygen atoms in total. The second-order valence-corrected chi connectivity index (χ2v) is 5.78. The highest BCUT2D eigenvalue weighted by atomic mass is 32.1. The molecule has 1 saturated heterocycles. The van der Waals surface area contributed by atoms with Gasteiger partial charge in [-0.15, -0.1) is 11.3 Å². The topological polar surface area (TPSA) is 33.2 Å². The highest BCUT2D eigenvalue weighted by Gasteiger charge is 2.33. The van der Waals surface area contributed by atoms with Gasteiger partial charge in [-0.3, -0.25) is 4.79 Å². The molecule has 0 unspecified atom stereocenters. The van der Waals surface area contributed by atoms with E-state index in [2.05, 4.69) is 4.98 Å². The van der Waals surface area contributed by atoms with Crippen LogP contribution in [-0.4, -0.2) is 35.1 Å². The Morgan fingerprint density at radius 2 is 2.05 bits per heavy atom. The molecule has 0 radical (unpaired) electrons. The Balaban J connectivity index is 1.83. The monoisotopic (exact) mass is 330 g/mol. The zero-order valence-corrected chi connectivity index (χ0v) is 11.9. The van der Waals surface area contributed by atoms with Gasteiger partial charge in [-0.05, 0) is 12.1 Å². The lowest BCUT2D eigenvalue weighted by atomic mass is 10.1. The Bertz CT molecular complexity index is 707. The van der Waals surface area contributed by atoms with Crippen molar-refractivity contribution in [2.24, 2.45) is 0 Å². The number of benzene rings is 1. The van der Waals surface area contributed by atoms with Crippen LogP contribution in [0, 0.1) is 0 Å². The molecule has 1 amide bonds. The van der Waals surface area contributed by atoms with Gasteiger partial charge >= 0.3 is 6.18 Å². The molecule has 3 rings (SSSR count). The number of thiazole rings is 1. The van der Waals surface area contributed by atoms with Gasteiger partial charge in [0.1, 0.15) is 6.17 Å². The molecule has 1 aliphatic heterocycles. The molecule has 0 atom stereocenters. The molecular weight excluding hydrogens is 320 g/mol. The van der Waals surface area contributed by atoms with Crippen molar-refractivity contribution in [3.05, 3.63) is 40.2 Å². The van der Waals surface area contributed by atoms with Crippen LogP contribution in [-0.2, 0) is 6.18 Å². The predicted molar refractivity (Wildman–Crippen MR) is 73.4 cm³/mol. The SMILES string of the molecule is O=C(c1nc(-c2cccc(C(F)(F)F)c2)cs1)N1CC(F)C1. The quantitative estimate of drug-likeness (QED) is 0.788. The minimum atomic E-state index is -4.43. The highest BCUT2D eigenvalue weighted by molar-refractivity contribution is 7.12. The number of alkyl halides is 4. The molecule has 1 aromatic carbocycles. The van der Waals surface area contributed by atoms with Gasteiger partial charge < -0.3 is 4.90 Å². The minimum absolute atomic E-state index is 0.0390. The van der Waals surface area contributed by atoms with Crippen molar-refractivity contribution in [1.82, 2.24) is 9.88 Å². The normalized spacial score (nSPS) is 15.7. The van der Waals surface area contributed by atoms with Crippen LogP contribution in [0.15, 0.2) is 29.6 Å². The number of likely N-dealkylation sites (tertiary alicyclic amines) is 1. The summed E-state index contributed by atoms with van der Waals surface area (Å²) in [6.07, 6.45) is -5.44. The van der Waals surface area contributed by atoms with E-state index in [1.807, 2.05) is 0 Å². The van der Waals surface area contributed by atoms with E-state index >= 15 is 0 Å². The van der Waals surface area contributed by atoms with Crippen molar-refractivity contribution < 1.29 is 22.4 Å². The third-order valence-corrected chi connectivity index (χ3v) is 4.13. The largest absolute Gasteiger partial charge is 0.416 e. The van der Waals surface area contributed by atoms with Crippen molar-refractivity contribution in [3.8, 4) is 11.3 Å². The molecule has 1 fully saturated rings. The second-order valence-electron chi connectivity index (χ2n) is 4.92. The van der Waals surface area contributed by atoms with E-state index in [1.165, 1.54) is 22.4 Å². The van der Waals surface area contributed by atoms with Crippen LogP contribution in [0.3, 0.4) is 0 Å². The Hall–Kier alpha value is -1.96. The van der Waals surface area contributed by atoms with Gasteiger partial charge in [-0.2, -0.15) is 13.2 Å². The third-order valence-electron chi connectivity index (χ3n) is 3.30. The number of amides is 1. The van der Waals surface area contributed by atoms with E-state index in [-0.39, 0.29) is 23.7 Å². The van der Waals surface area contributed by atoms with Crippen LogP contribution in [0.5, 0.6) is 0 Å². The zero-order chi connectivity index (χ0) is 15.9. The predicted octanol–water partition coefficient (Wildman–Crippen LogP) is 3.62. The molecule has 0 saturated carbocycles. The van der Waals surface area contributed by atoms with E-state index in [0.717, 1.165) is 23.5 Å². The zero-order valence-electron chi connectivity index (χ0n) is 11.1. The maximum absolute atomic E-state index is 12.8. The van der Waals surface area contributed by atoms with Crippen LogP contribution in [0.25, 0.3) is 11.3 Å². The van der Waals surface area contributed by atoms with E-state index < -0.39 is 23.8 Å². The lowest BCUT2D eigenvalue weighted by molar-refractivity contribution is -0.137. The summed E-state index contributed by atoms with van der Waals surface area (Å²) in [6, 6.07) is 4.76. The molecule has 22 heavy (non-hydrogen) atoms. The van der Waals surface area contributed by atoms with Crippen molar-refractivity contribution >= 4 is 17.2 Å². The van der Waals surface area contributed by atoms with Crippen molar-refractivity contribution in [3.63, 3.8) is 0 Å². The fourth-order valence-corrected chi connectivity index (χ4v) is 2.88. The van der Waals surface area contributed by atoms with Gasteiger partial charge in [0.05, 0.1) is 24.3 Å². The van der Waals surface area contributed by atoms with Crippen molar-refractivity contribution in [1.29, 1.82) is 0 Å². The van der Waals surface area contributed by atoms with Crippen LogP contribution in [0.4, 0.5) is 17.6 Å². The van der Waals surface area contributed by atoms with Crippen LogP contribution >= 0.6 is 11.3 Å². The average Bonchev–Trinajstić information content (AvgIpc) is 2.92. The third kappa shape index (κ3) is 2.83. The fraction of sp³-hybridized carbons (Fsp3) is 0.286. The van der Waals surface area contributed by atoms with Gasteiger partial charge in [0.15, 0.2) is 5.01 Å². The summed E-state index contributed by atoms with van der Waals surface area (Å²) >= 11 is 1.04. The number of hydrogen-bond acceptors (Lipinski definition) is 3. The molecule has 0 bridgehead atoms. The van der Waals surface area contributed by atoms with E-state index in [0.29, 0.717) is 5.69 Å². The number of nitrogens with zero attached hydrogens (tertiary/aromatic N) is 2. The minimum Gasteiger partial charge on any atom is -0.331 e. The summed E-state index contributed by atoms with van der Waals surface area (Å²) < 4.78 is 50.8. The number of halogens is 4. The number of carbonyl (C=O) groups excluding carboxylic acids is 1. The smallest absolute Gasteiger partial charge is 0.331 e. The first-order chi connectivity index (χ1) is 10.3. The first-order valence-corrected chi connectivity index (χ1v) is 7.29. The molecule has 8 heteroatoms. The maximum atomic E-state index is 12.8. The molecule has 2 aromatic rings. The van der Waals surface area contributed by atoms with E-state index in [4.69, 9.17) is 0 Å². The Morgan fingerprint density at radius 1 is 1.32 bits per heavy atom. The Labute approximate surface area is 127 Å². The van der Waals surface area contributed by atoms with Crippen molar-refractivity contribution in [2.75, 3.05) is 13.1 Å². The van der Waals surface area contributed by atoms with Gasteiger partial charge in [0, 0.05) is 10.9 Å². The summed E-state index contributed by atoms with van der Waals surface area (Å²) in [4.78, 5) is 17.4. The van der Waals surface area contributed by atoms with E-state index in [1.54, 1.807) is 0 Å². The van der Waals surface area contributed by atoms with Gasteiger partial charge in [0.25, 0.3) is 5.91 Å². The van der Waals surface area contributed by atoms with Gasteiger partial charge in [-0.1, -0.05) is 12.1 Å². The first-order valence-electron chi connectivity index (χ1n) is 6.41. The van der Waals surface area contributed by atoms with Crippen LogP contribution in [0.1, 0.15) is 15.4 Å². The summed E-state index contributed by atoms with van der Waals surface area (Å²) in [6.45, 7) is 0.0780. The Morgan fingerprint density at radius 3 is 2.68 bits per heavy atom. The number of rotatable bonds is 2. The van der Waals surface area contributed by atoms with Crippen LogP contribution < -0.4 is 0 Å². The summed E-state index contributed by atoms with van der Waals surface area (Å²) in [5.41, 5.74) is -0.178. The van der Waals surface area contributed by atoms with Gasteiger partial charge in [-0.25, -0.2) is 9.37 Å². The maximum Gasteiger partial charge on any atom is 0.416 e. The van der Waals surface area contributed by atoms with E-state index in [9.17, 15) is 22.4 Å². The lowest BCUT2D eigenvalue weighted by Gasteiger charge is -2.33. The fourth-order valence-electron chi connectivity index (χ4n) is 2.09. The Kier molecular flexibility index (Phi) is 3.64. The first kappa shape index (κ1) is 15.0. The molecule has 1 aliphatic rings. The number of carbonyl (C=O) groups is 1. The molecular formula is C14H10F4N2OS. The summed E-state index contributed by atoms with van der Waals surface area (Å²) in [5.74, 6) is -0.392. The second kappa shape index (κ2) is 5.35. The van der Waals surface area contributed by atoms with Gasteiger partial charge in [0.2, 0.25) is 0 Å². The summed E-state index contributed by atoms with van der Waals surface area (Å²) in [7, 11) is 0. The molecule has 116 valence electrons.